The van der Waals surface area contributed by atoms with Gasteiger partial charge in [-0.3, -0.25) is 4.55 Å². The molecule has 1 aromatic carbocycles. The van der Waals surface area contributed by atoms with Gasteiger partial charge < -0.3 is 11.6 Å². The number of aromatic carboxylic acids is 2. The molecule has 0 unspecified atom stereocenters. The van der Waals surface area contributed by atoms with Crippen LogP contribution in [-0.4, -0.2) is 35.1 Å². The molecular formula is C8H7KO7S. The Hall–Kier alpha value is -0.294. The summed E-state index contributed by atoms with van der Waals surface area (Å²) in [5.74, 6) is -3.29. The monoisotopic (exact) mass is 286 g/mol. The minimum Gasteiger partial charge on any atom is -1.00 e. The van der Waals surface area contributed by atoms with Gasteiger partial charge in [-0.25, -0.2) is 9.59 Å². The number of carbonyl (C=O) groups is 2. The average Bonchev–Trinajstić information content (AvgIpc) is 2.15. The maximum absolute atomic E-state index is 10.9. The standard InChI is InChI=1S/C8H6O7S.K.H/c9-7(10)4-2-1-3-5(8(11)12)6(4)16(13,14)15;;/h1-3H,(H,9,10)(H,11,12)(H,13,14,15);;/q;+1;-1. The molecule has 0 radical (unpaired) electrons. The molecule has 0 atom stereocenters. The van der Waals surface area contributed by atoms with Crippen molar-refractivity contribution < 1.29 is 85.6 Å². The van der Waals surface area contributed by atoms with Gasteiger partial charge in [0.1, 0.15) is 4.90 Å². The van der Waals surface area contributed by atoms with Crippen molar-refractivity contribution in [2.75, 3.05) is 0 Å². The van der Waals surface area contributed by atoms with Crippen molar-refractivity contribution in [3.05, 3.63) is 29.3 Å². The molecule has 7 nitrogen and oxygen atoms in total. The van der Waals surface area contributed by atoms with Gasteiger partial charge in [0.25, 0.3) is 10.1 Å². The van der Waals surface area contributed by atoms with Gasteiger partial charge in [0, 0.05) is 0 Å². The van der Waals surface area contributed by atoms with E-state index < -0.39 is 38.1 Å². The molecule has 0 aliphatic rings. The molecule has 3 N–H and O–H groups in total. The van der Waals surface area contributed by atoms with Crippen molar-refractivity contribution in [2.24, 2.45) is 0 Å². The first-order chi connectivity index (χ1) is 7.25. The molecule has 0 saturated heterocycles. The van der Waals surface area contributed by atoms with Crippen molar-refractivity contribution in [3.63, 3.8) is 0 Å². The van der Waals surface area contributed by atoms with Crippen LogP contribution in [0.5, 0.6) is 0 Å². The van der Waals surface area contributed by atoms with Gasteiger partial charge in [0.05, 0.1) is 11.1 Å². The molecule has 17 heavy (non-hydrogen) atoms. The third-order valence-electron chi connectivity index (χ3n) is 1.73. The Kier molecular flexibility index (Phi) is 5.94. The zero-order chi connectivity index (χ0) is 12.5. The number of rotatable bonds is 3. The Bertz CT molecular complexity index is 537. The zero-order valence-corrected chi connectivity index (χ0v) is 12.6. The molecule has 0 aliphatic carbocycles. The van der Waals surface area contributed by atoms with E-state index in [9.17, 15) is 18.0 Å². The molecule has 0 heterocycles. The van der Waals surface area contributed by atoms with Crippen molar-refractivity contribution in [2.45, 2.75) is 4.90 Å². The molecular weight excluding hydrogens is 279 g/mol. The molecule has 1 aromatic rings. The summed E-state index contributed by atoms with van der Waals surface area (Å²) < 4.78 is 30.6. The fraction of sp³-hybridized carbons (Fsp3) is 0. The van der Waals surface area contributed by atoms with E-state index in [0.717, 1.165) is 18.2 Å². The Morgan fingerprint density at radius 1 is 1.06 bits per heavy atom. The average molecular weight is 286 g/mol. The summed E-state index contributed by atoms with van der Waals surface area (Å²) in [7, 11) is -4.92. The minimum absolute atomic E-state index is 0. The third kappa shape index (κ3) is 3.84. The van der Waals surface area contributed by atoms with Crippen LogP contribution in [0.25, 0.3) is 0 Å². The summed E-state index contributed by atoms with van der Waals surface area (Å²) >= 11 is 0. The van der Waals surface area contributed by atoms with Crippen molar-refractivity contribution in [3.8, 4) is 0 Å². The molecule has 0 bridgehead atoms. The first kappa shape index (κ1) is 16.7. The van der Waals surface area contributed by atoms with Gasteiger partial charge >= 0.3 is 63.3 Å². The van der Waals surface area contributed by atoms with Crippen LogP contribution in [0.15, 0.2) is 23.1 Å². The van der Waals surface area contributed by atoms with Gasteiger partial charge in [0.15, 0.2) is 0 Å². The van der Waals surface area contributed by atoms with E-state index in [0.29, 0.717) is 0 Å². The van der Waals surface area contributed by atoms with Crippen LogP contribution in [-0.2, 0) is 10.1 Å². The van der Waals surface area contributed by atoms with Crippen LogP contribution in [0, 0.1) is 0 Å². The van der Waals surface area contributed by atoms with Gasteiger partial charge in [-0.2, -0.15) is 8.42 Å². The Morgan fingerprint density at radius 3 is 1.65 bits per heavy atom. The van der Waals surface area contributed by atoms with E-state index in [2.05, 4.69) is 0 Å². The molecule has 88 valence electrons. The zero-order valence-electron chi connectivity index (χ0n) is 9.61. The molecule has 9 heteroatoms. The molecule has 0 fully saturated rings. The van der Waals surface area contributed by atoms with Crippen LogP contribution in [0.2, 0.25) is 0 Å². The fourth-order valence-corrected chi connectivity index (χ4v) is 2.02. The van der Waals surface area contributed by atoms with Gasteiger partial charge in [-0.05, 0) is 12.1 Å². The van der Waals surface area contributed by atoms with E-state index in [4.69, 9.17) is 14.8 Å². The summed E-state index contributed by atoms with van der Waals surface area (Å²) in [5, 5.41) is 17.3. The van der Waals surface area contributed by atoms with Gasteiger partial charge in [-0.15, -0.1) is 0 Å². The maximum atomic E-state index is 10.9. The van der Waals surface area contributed by atoms with Gasteiger partial charge in [0.2, 0.25) is 0 Å². The summed E-state index contributed by atoms with van der Waals surface area (Å²) in [6, 6.07) is 2.84. The summed E-state index contributed by atoms with van der Waals surface area (Å²) in [5.41, 5.74) is -1.58. The van der Waals surface area contributed by atoms with E-state index in [1.807, 2.05) is 0 Å². The van der Waals surface area contributed by atoms with Gasteiger partial charge in [-0.1, -0.05) is 6.07 Å². The third-order valence-corrected chi connectivity index (χ3v) is 2.69. The fourth-order valence-electron chi connectivity index (χ4n) is 1.15. The van der Waals surface area contributed by atoms with Crippen molar-refractivity contribution in [1.29, 1.82) is 0 Å². The normalized spacial score (nSPS) is 10.4. The summed E-state index contributed by atoms with van der Waals surface area (Å²) in [6.45, 7) is 0. The van der Waals surface area contributed by atoms with Crippen LogP contribution in [0.3, 0.4) is 0 Å². The molecule has 0 amide bonds. The Labute approximate surface area is 140 Å². The molecule has 0 saturated carbocycles. The van der Waals surface area contributed by atoms with E-state index in [1.165, 1.54) is 0 Å². The Balaban J connectivity index is 0. The van der Waals surface area contributed by atoms with Crippen LogP contribution in [0.4, 0.5) is 0 Å². The number of carboxylic acid groups (broad SMARTS) is 2. The molecule has 1 rings (SSSR count). The Morgan fingerprint density at radius 2 is 1.41 bits per heavy atom. The maximum Gasteiger partial charge on any atom is 1.00 e. The number of hydrogen-bond acceptors (Lipinski definition) is 4. The SMILES string of the molecule is O=C(O)c1cccc(C(=O)O)c1S(=O)(=O)O.[H-].[K+]. The van der Waals surface area contributed by atoms with Crippen LogP contribution < -0.4 is 51.4 Å². The van der Waals surface area contributed by atoms with E-state index in [1.54, 1.807) is 0 Å². The largest absolute Gasteiger partial charge is 1.00 e. The second-order valence-corrected chi connectivity index (χ2v) is 4.13. The minimum atomic E-state index is -4.92. The number of hydrogen-bond donors (Lipinski definition) is 3. The van der Waals surface area contributed by atoms with Crippen LogP contribution in [0.1, 0.15) is 22.1 Å². The van der Waals surface area contributed by atoms with Crippen molar-refractivity contribution >= 4 is 22.1 Å². The number of carboxylic acids is 2. The number of benzene rings is 1. The first-order valence-electron chi connectivity index (χ1n) is 3.82. The van der Waals surface area contributed by atoms with E-state index in [-0.39, 0.29) is 52.8 Å². The second kappa shape index (κ2) is 6.04. The summed E-state index contributed by atoms with van der Waals surface area (Å²) in [6.07, 6.45) is 0. The predicted octanol–water partition coefficient (Wildman–Crippen LogP) is -2.55. The predicted molar refractivity (Wildman–Crippen MR) is 51.3 cm³/mol. The summed E-state index contributed by atoms with van der Waals surface area (Å²) in [4.78, 5) is 20.2. The van der Waals surface area contributed by atoms with E-state index >= 15 is 0 Å². The molecule has 0 spiro atoms. The smallest absolute Gasteiger partial charge is 1.00 e. The quantitative estimate of drug-likeness (QED) is 0.412. The second-order valence-electron chi connectivity index (χ2n) is 2.77. The van der Waals surface area contributed by atoms with Crippen LogP contribution >= 0.6 is 0 Å². The molecule has 0 aromatic heterocycles. The topological polar surface area (TPSA) is 129 Å². The van der Waals surface area contributed by atoms with Crippen molar-refractivity contribution in [1.82, 2.24) is 0 Å². The molecule has 0 aliphatic heterocycles. The first-order valence-corrected chi connectivity index (χ1v) is 5.26.